The fourth-order valence-electron chi connectivity index (χ4n) is 3.45. The molecule has 0 saturated heterocycles. The molecule has 0 aliphatic carbocycles. The topological polar surface area (TPSA) is 83.5 Å². The molecule has 156 valence electrons. The van der Waals surface area contributed by atoms with E-state index in [9.17, 15) is 18.0 Å². The predicted molar refractivity (Wildman–Crippen MR) is 116 cm³/mol. The fraction of sp³-hybridized carbons (Fsp3) is 0.429. The molecule has 2 aromatic rings. The summed E-state index contributed by atoms with van der Waals surface area (Å²) in [4.78, 5) is 28.7. The zero-order valence-electron chi connectivity index (χ0n) is 16.9. The zero-order chi connectivity index (χ0) is 21.2. The maximum Gasteiger partial charge on any atom is 0.254 e. The van der Waals surface area contributed by atoms with Gasteiger partial charge in [0.2, 0.25) is 5.91 Å². The molecule has 29 heavy (non-hydrogen) atoms. The van der Waals surface area contributed by atoms with E-state index in [0.717, 1.165) is 6.42 Å². The van der Waals surface area contributed by atoms with Crippen molar-refractivity contribution in [3.63, 3.8) is 0 Å². The number of sulfone groups is 1. The van der Waals surface area contributed by atoms with Crippen molar-refractivity contribution in [2.75, 3.05) is 17.6 Å². The molecule has 1 N–H and O–H groups in total. The maximum absolute atomic E-state index is 13.1. The van der Waals surface area contributed by atoms with E-state index in [2.05, 4.69) is 11.4 Å². The Morgan fingerprint density at radius 2 is 2.03 bits per heavy atom. The minimum Gasteiger partial charge on any atom is -0.334 e. The second-order valence-electron chi connectivity index (χ2n) is 7.32. The Balaban J connectivity index is 1.78. The largest absolute Gasteiger partial charge is 0.334 e. The summed E-state index contributed by atoms with van der Waals surface area (Å²) < 4.78 is 24.4. The average molecular weight is 435 g/mol. The van der Waals surface area contributed by atoms with Crippen LogP contribution in [0.4, 0.5) is 5.69 Å². The Morgan fingerprint density at radius 3 is 2.76 bits per heavy atom. The molecule has 0 fully saturated rings. The van der Waals surface area contributed by atoms with Crippen LogP contribution >= 0.6 is 11.3 Å². The van der Waals surface area contributed by atoms with E-state index in [0.29, 0.717) is 36.3 Å². The van der Waals surface area contributed by atoms with Crippen molar-refractivity contribution in [3.8, 4) is 0 Å². The van der Waals surface area contributed by atoms with Gasteiger partial charge in [-0.15, -0.1) is 11.3 Å². The highest BCUT2D eigenvalue weighted by molar-refractivity contribution is 7.92. The minimum atomic E-state index is -3.50. The van der Waals surface area contributed by atoms with Gasteiger partial charge in [-0.25, -0.2) is 8.42 Å². The van der Waals surface area contributed by atoms with E-state index in [1.165, 1.54) is 17.4 Å². The van der Waals surface area contributed by atoms with E-state index < -0.39 is 21.0 Å². The van der Waals surface area contributed by atoms with E-state index in [-0.39, 0.29) is 11.7 Å². The van der Waals surface area contributed by atoms with Gasteiger partial charge >= 0.3 is 0 Å². The minimum absolute atomic E-state index is 0.0291. The molecule has 1 aromatic carbocycles. The zero-order valence-corrected chi connectivity index (χ0v) is 18.5. The number of hydrogen-bond donors (Lipinski definition) is 1. The third-order valence-electron chi connectivity index (χ3n) is 5.31. The third kappa shape index (κ3) is 4.53. The van der Waals surface area contributed by atoms with Crippen molar-refractivity contribution in [3.05, 3.63) is 51.2 Å². The summed E-state index contributed by atoms with van der Waals surface area (Å²) in [7, 11) is -3.50. The van der Waals surface area contributed by atoms with Gasteiger partial charge in [0.25, 0.3) is 5.91 Å². The predicted octanol–water partition coefficient (Wildman–Crippen LogP) is 3.41. The van der Waals surface area contributed by atoms with Crippen molar-refractivity contribution >= 4 is 38.7 Å². The molecule has 1 aliphatic heterocycles. The number of nitrogens with one attached hydrogen (secondary N) is 1. The number of fused-ring (bicyclic) bond motifs is 1. The van der Waals surface area contributed by atoms with Crippen molar-refractivity contribution in [1.29, 1.82) is 0 Å². The van der Waals surface area contributed by atoms with Crippen LogP contribution in [0.25, 0.3) is 0 Å². The van der Waals surface area contributed by atoms with Crippen LogP contribution in [-0.4, -0.2) is 42.7 Å². The molecular formula is C21H26N2O4S2. The number of anilines is 1. The highest BCUT2D eigenvalue weighted by Crippen LogP contribution is 2.27. The Labute approximate surface area is 175 Å². The number of carbonyl (C=O) groups is 2. The van der Waals surface area contributed by atoms with Gasteiger partial charge in [0.1, 0.15) is 5.25 Å². The number of benzene rings is 1. The number of amides is 2. The lowest BCUT2D eigenvalue weighted by Crippen LogP contribution is -2.36. The molecule has 0 saturated carbocycles. The second kappa shape index (κ2) is 8.67. The van der Waals surface area contributed by atoms with Crippen molar-refractivity contribution < 1.29 is 18.0 Å². The van der Waals surface area contributed by atoms with Gasteiger partial charge in [0.15, 0.2) is 9.84 Å². The summed E-state index contributed by atoms with van der Waals surface area (Å²) in [6.45, 7) is 6.18. The first-order valence-electron chi connectivity index (χ1n) is 9.71. The second-order valence-corrected chi connectivity index (χ2v) is 10.8. The van der Waals surface area contributed by atoms with E-state index in [4.69, 9.17) is 0 Å². The SMILES string of the molecule is CCCS(=O)(=O)C(C)C(=O)Nc1cccc(C(=O)N2CCc3sccc3C2)c1C. The Bertz CT molecular complexity index is 1030. The lowest BCUT2D eigenvalue weighted by atomic mass is 10.0. The van der Waals surface area contributed by atoms with Gasteiger partial charge in [0.05, 0.1) is 5.75 Å². The van der Waals surface area contributed by atoms with Crippen LogP contribution < -0.4 is 5.32 Å². The van der Waals surface area contributed by atoms with E-state index in [1.807, 2.05) is 10.3 Å². The number of thiophene rings is 1. The molecule has 2 amide bonds. The third-order valence-corrected chi connectivity index (χ3v) is 8.61. The molecule has 1 atom stereocenters. The molecular weight excluding hydrogens is 408 g/mol. The first kappa shape index (κ1) is 21.5. The number of rotatable bonds is 6. The highest BCUT2D eigenvalue weighted by atomic mass is 32.2. The van der Waals surface area contributed by atoms with Crippen LogP contribution in [0.5, 0.6) is 0 Å². The molecule has 0 radical (unpaired) electrons. The van der Waals surface area contributed by atoms with E-state index in [1.54, 1.807) is 43.4 Å². The standard InChI is InChI=1S/C21H26N2O4S2/c1-4-12-29(26,27)15(3)20(24)22-18-7-5-6-17(14(18)2)21(25)23-10-8-19-16(13-23)9-11-28-19/h5-7,9,11,15H,4,8,10,12-13H2,1-3H3,(H,22,24). The summed E-state index contributed by atoms with van der Waals surface area (Å²) in [5.74, 6) is -0.687. The smallest absolute Gasteiger partial charge is 0.254 e. The van der Waals surface area contributed by atoms with Crippen LogP contribution in [0.15, 0.2) is 29.6 Å². The first-order chi connectivity index (χ1) is 13.7. The fourth-order valence-corrected chi connectivity index (χ4v) is 5.65. The van der Waals surface area contributed by atoms with Gasteiger partial charge in [-0.3, -0.25) is 9.59 Å². The molecule has 0 spiro atoms. The van der Waals surface area contributed by atoms with Gasteiger partial charge in [-0.1, -0.05) is 13.0 Å². The summed E-state index contributed by atoms with van der Waals surface area (Å²) in [6.07, 6.45) is 1.31. The monoisotopic (exact) mass is 434 g/mol. The van der Waals surface area contributed by atoms with Crippen LogP contribution in [0.2, 0.25) is 0 Å². The molecule has 2 heterocycles. The van der Waals surface area contributed by atoms with Crippen LogP contribution in [0.3, 0.4) is 0 Å². The summed E-state index contributed by atoms with van der Waals surface area (Å²) in [6, 6.07) is 7.20. The lowest BCUT2D eigenvalue weighted by Gasteiger charge is -2.28. The molecule has 1 aromatic heterocycles. The number of nitrogens with zero attached hydrogens (tertiary/aromatic N) is 1. The van der Waals surface area contributed by atoms with Crippen molar-refractivity contribution in [1.82, 2.24) is 4.90 Å². The summed E-state index contributed by atoms with van der Waals surface area (Å²) in [5, 5.41) is 3.61. The number of carbonyl (C=O) groups excluding carboxylic acids is 2. The van der Waals surface area contributed by atoms with Gasteiger partial charge in [-0.2, -0.15) is 0 Å². The normalized spacial score (nSPS) is 14.9. The average Bonchev–Trinajstić information content (AvgIpc) is 3.16. The molecule has 8 heteroatoms. The highest BCUT2D eigenvalue weighted by Gasteiger charge is 2.28. The Hall–Kier alpha value is -2.19. The van der Waals surface area contributed by atoms with Crippen LogP contribution in [0, 0.1) is 6.92 Å². The van der Waals surface area contributed by atoms with Crippen LogP contribution in [-0.2, 0) is 27.6 Å². The van der Waals surface area contributed by atoms with Gasteiger partial charge < -0.3 is 10.2 Å². The molecule has 6 nitrogen and oxygen atoms in total. The van der Waals surface area contributed by atoms with Gasteiger partial charge in [0, 0.05) is 29.2 Å². The van der Waals surface area contributed by atoms with Crippen molar-refractivity contribution in [2.24, 2.45) is 0 Å². The summed E-state index contributed by atoms with van der Waals surface area (Å²) in [5.41, 5.74) is 2.81. The molecule has 1 aliphatic rings. The first-order valence-corrected chi connectivity index (χ1v) is 12.3. The quantitative estimate of drug-likeness (QED) is 0.755. The van der Waals surface area contributed by atoms with E-state index >= 15 is 0 Å². The lowest BCUT2D eigenvalue weighted by molar-refractivity contribution is -0.115. The molecule has 1 unspecified atom stereocenters. The van der Waals surface area contributed by atoms with Crippen LogP contribution in [0.1, 0.15) is 46.6 Å². The molecule has 3 rings (SSSR count). The molecule has 0 bridgehead atoms. The maximum atomic E-state index is 13.1. The number of hydrogen-bond acceptors (Lipinski definition) is 5. The Kier molecular flexibility index (Phi) is 6.43. The summed E-state index contributed by atoms with van der Waals surface area (Å²) >= 11 is 1.72. The van der Waals surface area contributed by atoms with Crippen molar-refractivity contribution in [2.45, 2.75) is 45.4 Å². The Morgan fingerprint density at radius 1 is 1.28 bits per heavy atom. The van der Waals surface area contributed by atoms with Gasteiger partial charge in [-0.05, 0) is 61.4 Å².